The van der Waals surface area contributed by atoms with Crippen molar-refractivity contribution in [1.82, 2.24) is 5.32 Å². The fourth-order valence-electron chi connectivity index (χ4n) is 1.73. The summed E-state index contributed by atoms with van der Waals surface area (Å²) in [7, 11) is 0. The Morgan fingerprint density at radius 3 is 2.15 bits per heavy atom. The van der Waals surface area contributed by atoms with Crippen LogP contribution in [0.15, 0.2) is 0 Å². The lowest BCUT2D eigenvalue weighted by Gasteiger charge is -2.23. The van der Waals surface area contributed by atoms with Crippen LogP contribution < -0.4 is 5.32 Å². The zero-order valence-corrected chi connectivity index (χ0v) is 13.6. The molecule has 0 radical (unpaired) electrons. The van der Waals surface area contributed by atoms with E-state index in [1.54, 1.807) is 0 Å². The first-order chi connectivity index (χ1) is 9.24. The number of ether oxygens (including phenoxy) is 2. The monoisotopic (exact) mass is 289 g/mol. The van der Waals surface area contributed by atoms with Gasteiger partial charge in [0.15, 0.2) is 0 Å². The molecule has 1 aliphatic heterocycles. The van der Waals surface area contributed by atoms with E-state index in [1.807, 2.05) is 34.6 Å². The van der Waals surface area contributed by atoms with Gasteiger partial charge in [0.25, 0.3) is 0 Å². The molecule has 0 spiro atoms. The third kappa shape index (κ3) is 12.2. The fourth-order valence-corrected chi connectivity index (χ4v) is 1.73. The summed E-state index contributed by atoms with van der Waals surface area (Å²) in [6.07, 6.45) is 2.83. The summed E-state index contributed by atoms with van der Waals surface area (Å²) in [5.41, 5.74) is -0.498. The lowest BCUT2D eigenvalue weighted by Crippen LogP contribution is -2.41. The van der Waals surface area contributed by atoms with Crippen molar-refractivity contribution in [2.45, 2.75) is 65.5 Å². The number of aliphatic hydroxyl groups is 1. The molecule has 1 amide bonds. The van der Waals surface area contributed by atoms with Gasteiger partial charge in [-0.05, 0) is 46.0 Å². The van der Waals surface area contributed by atoms with E-state index in [4.69, 9.17) is 14.6 Å². The third-order valence-corrected chi connectivity index (χ3v) is 2.52. The van der Waals surface area contributed by atoms with Gasteiger partial charge in [0.05, 0.1) is 12.6 Å². The Bertz CT molecular complexity index is 249. The minimum Gasteiger partial charge on any atom is -0.444 e. The molecule has 2 N–H and O–H groups in total. The van der Waals surface area contributed by atoms with Crippen LogP contribution in [0.4, 0.5) is 4.79 Å². The molecule has 0 aromatic rings. The quantitative estimate of drug-likeness (QED) is 0.835. The summed E-state index contributed by atoms with van der Waals surface area (Å²) in [5.74, 6) is 0.428. The van der Waals surface area contributed by atoms with Crippen molar-refractivity contribution in [1.29, 1.82) is 0 Å². The van der Waals surface area contributed by atoms with Gasteiger partial charge < -0.3 is 19.9 Å². The molecule has 1 saturated heterocycles. The van der Waals surface area contributed by atoms with Gasteiger partial charge >= 0.3 is 6.09 Å². The van der Waals surface area contributed by atoms with E-state index in [-0.39, 0.29) is 12.6 Å². The molecule has 1 fully saturated rings. The van der Waals surface area contributed by atoms with Gasteiger partial charge in [0, 0.05) is 13.2 Å². The maximum Gasteiger partial charge on any atom is 0.407 e. The van der Waals surface area contributed by atoms with E-state index >= 15 is 0 Å². The van der Waals surface area contributed by atoms with Gasteiger partial charge in [-0.25, -0.2) is 4.79 Å². The smallest absolute Gasteiger partial charge is 0.407 e. The molecule has 20 heavy (non-hydrogen) atoms. The SMILES string of the molecule is C1CCOC1.CC(C)CC(CO)NC(=O)OC(C)(C)C. The number of hydrogen-bond acceptors (Lipinski definition) is 4. The molecule has 1 atom stereocenters. The Morgan fingerprint density at radius 1 is 1.30 bits per heavy atom. The normalized spacial score (nSPS) is 16.4. The molecule has 1 aliphatic rings. The predicted molar refractivity (Wildman–Crippen MR) is 79.8 cm³/mol. The number of hydrogen-bond donors (Lipinski definition) is 2. The van der Waals surface area contributed by atoms with Gasteiger partial charge in [0.1, 0.15) is 5.60 Å². The van der Waals surface area contributed by atoms with Crippen LogP contribution in [-0.2, 0) is 9.47 Å². The van der Waals surface area contributed by atoms with Crippen molar-refractivity contribution >= 4 is 6.09 Å². The Kier molecular flexibility index (Phi) is 9.59. The summed E-state index contributed by atoms with van der Waals surface area (Å²) >= 11 is 0. The maximum atomic E-state index is 11.4. The van der Waals surface area contributed by atoms with Crippen molar-refractivity contribution < 1.29 is 19.4 Å². The zero-order chi connectivity index (χ0) is 15.6. The lowest BCUT2D eigenvalue weighted by atomic mass is 10.0. The van der Waals surface area contributed by atoms with Gasteiger partial charge in [-0.2, -0.15) is 0 Å². The molecule has 0 aromatic carbocycles. The zero-order valence-electron chi connectivity index (χ0n) is 13.6. The molecule has 0 aromatic heterocycles. The number of amides is 1. The van der Waals surface area contributed by atoms with Crippen LogP contribution in [0, 0.1) is 5.92 Å². The van der Waals surface area contributed by atoms with Crippen LogP contribution in [0.5, 0.6) is 0 Å². The average Bonchev–Trinajstić information content (AvgIpc) is 2.83. The van der Waals surface area contributed by atoms with E-state index in [1.165, 1.54) is 12.8 Å². The topological polar surface area (TPSA) is 67.8 Å². The van der Waals surface area contributed by atoms with Crippen molar-refractivity contribution in [2.24, 2.45) is 5.92 Å². The number of rotatable bonds is 4. The van der Waals surface area contributed by atoms with Crippen molar-refractivity contribution in [3.8, 4) is 0 Å². The first-order valence-corrected chi connectivity index (χ1v) is 7.42. The minimum absolute atomic E-state index is 0.0581. The number of alkyl carbamates (subject to hydrolysis) is 1. The second kappa shape index (κ2) is 10.00. The lowest BCUT2D eigenvalue weighted by molar-refractivity contribution is 0.0474. The van der Waals surface area contributed by atoms with E-state index in [2.05, 4.69) is 5.32 Å². The molecule has 0 bridgehead atoms. The van der Waals surface area contributed by atoms with E-state index in [9.17, 15) is 4.79 Å². The van der Waals surface area contributed by atoms with Gasteiger partial charge in [-0.1, -0.05) is 13.8 Å². The van der Waals surface area contributed by atoms with Crippen LogP contribution in [-0.4, -0.2) is 42.7 Å². The molecule has 1 heterocycles. The standard InChI is InChI=1S/C11H23NO3.C4H8O/c1-8(2)6-9(7-13)12-10(14)15-11(3,4)5;1-2-4-5-3-1/h8-9,13H,6-7H2,1-5H3,(H,12,14);1-4H2. The van der Waals surface area contributed by atoms with Crippen molar-refractivity contribution in [2.75, 3.05) is 19.8 Å². The Balaban J connectivity index is 0.000000595. The highest BCUT2D eigenvalue weighted by atomic mass is 16.6. The largest absolute Gasteiger partial charge is 0.444 e. The number of carbonyl (C=O) groups excluding carboxylic acids is 1. The summed E-state index contributed by atoms with van der Waals surface area (Å²) < 4.78 is 10.0. The minimum atomic E-state index is -0.498. The molecule has 5 heteroatoms. The highest BCUT2D eigenvalue weighted by Gasteiger charge is 2.19. The second-order valence-corrected chi connectivity index (χ2v) is 6.47. The maximum absolute atomic E-state index is 11.4. The second-order valence-electron chi connectivity index (χ2n) is 6.47. The van der Waals surface area contributed by atoms with Gasteiger partial charge in [-0.3, -0.25) is 0 Å². The molecule has 120 valence electrons. The van der Waals surface area contributed by atoms with Crippen molar-refractivity contribution in [3.63, 3.8) is 0 Å². The Morgan fingerprint density at radius 2 is 1.85 bits per heavy atom. The summed E-state index contributed by atoms with van der Waals surface area (Å²) in [6.45, 7) is 11.4. The number of nitrogens with one attached hydrogen (secondary N) is 1. The highest BCUT2D eigenvalue weighted by molar-refractivity contribution is 5.68. The van der Waals surface area contributed by atoms with E-state index in [0.717, 1.165) is 19.6 Å². The molecular formula is C15H31NO4. The predicted octanol–water partition coefficient (Wildman–Crippen LogP) is 2.71. The third-order valence-electron chi connectivity index (χ3n) is 2.52. The molecular weight excluding hydrogens is 258 g/mol. The van der Waals surface area contributed by atoms with Crippen LogP contribution in [0.25, 0.3) is 0 Å². The van der Waals surface area contributed by atoms with Gasteiger partial charge in [-0.15, -0.1) is 0 Å². The van der Waals surface area contributed by atoms with Crippen LogP contribution in [0.1, 0.15) is 53.9 Å². The summed E-state index contributed by atoms with van der Waals surface area (Å²) in [5, 5.41) is 11.7. The van der Waals surface area contributed by atoms with Crippen LogP contribution in [0.2, 0.25) is 0 Å². The van der Waals surface area contributed by atoms with Gasteiger partial charge in [0.2, 0.25) is 0 Å². The van der Waals surface area contributed by atoms with E-state index in [0.29, 0.717) is 5.92 Å². The molecule has 1 unspecified atom stereocenters. The van der Waals surface area contributed by atoms with Crippen LogP contribution >= 0.6 is 0 Å². The van der Waals surface area contributed by atoms with Crippen LogP contribution in [0.3, 0.4) is 0 Å². The fraction of sp³-hybridized carbons (Fsp3) is 0.933. The summed E-state index contributed by atoms with van der Waals surface area (Å²) in [4.78, 5) is 11.4. The van der Waals surface area contributed by atoms with Crippen molar-refractivity contribution in [3.05, 3.63) is 0 Å². The average molecular weight is 289 g/mol. The highest BCUT2D eigenvalue weighted by Crippen LogP contribution is 2.08. The first kappa shape index (κ1) is 19.2. The molecule has 1 rings (SSSR count). The number of aliphatic hydroxyl groups excluding tert-OH is 1. The number of carbonyl (C=O) groups is 1. The Labute approximate surface area is 123 Å². The Hall–Kier alpha value is -0.810. The molecule has 0 aliphatic carbocycles. The molecule has 5 nitrogen and oxygen atoms in total. The van der Waals surface area contributed by atoms with E-state index < -0.39 is 11.7 Å². The summed E-state index contributed by atoms with van der Waals surface area (Å²) in [6, 6.07) is -0.222. The molecule has 0 saturated carbocycles. The first-order valence-electron chi connectivity index (χ1n) is 7.42.